The molecule has 1 aromatic heterocycles. The Kier molecular flexibility index (Phi) is 4.80. The minimum absolute atomic E-state index is 0.00125. The molecule has 4 nitrogen and oxygen atoms in total. The standard InChI is InChI=1S/C15H14FNO3S/c1-9(15(19)20)6-13(18)7-12-8-21-14(17-12)10-2-4-11(16)5-3-10/h2-5,8-9H,6-7H2,1H3,(H,19,20)/t9-/m1/s1. The quantitative estimate of drug-likeness (QED) is 0.890. The van der Waals surface area contributed by atoms with Gasteiger partial charge in [-0.2, -0.15) is 0 Å². The highest BCUT2D eigenvalue weighted by Gasteiger charge is 2.17. The molecule has 0 saturated carbocycles. The molecule has 0 aliphatic carbocycles. The SMILES string of the molecule is C[C@H](CC(=O)Cc1csc(-c2ccc(F)cc2)n1)C(=O)O. The molecule has 1 heterocycles. The van der Waals surface area contributed by atoms with Gasteiger partial charge in [-0.1, -0.05) is 6.92 Å². The van der Waals surface area contributed by atoms with Crippen LogP contribution in [0.1, 0.15) is 19.0 Å². The molecule has 1 atom stereocenters. The number of nitrogens with zero attached hydrogens (tertiary/aromatic N) is 1. The lowest BCUT2D eigenvalue weighted by molar-refractivity contribution is -0.143. The van der Waals surface area contributed by atoms with Gasteiger partial charge in [0.25, 0.3) is 0 Å². The maximum atomic E-state index is 12.9. The van der Waals surface area contributed by atoms with Gasteiger partial charge in [-0.05, 0) is 24.3 Å². The Morgan fingerprint density at radius 3 is 2.62 bits per heavy atom. The van der Waals surface area contributed by atoms with Crippen LogP contribution in [0.3, 0.4) is 0 Å². The number of carbonyl (C=O) groups is 2. The van der Waals surface area contributed by atoms with Gasteiger partial charge in [-0.15, -0.1) is 11.3 Å². The summed E-state index contributed by atoms with van der Waals surface area (Å²) in [5.74, 6) is -2.13. The van der Waals surface area contributed by atoms with E-state index in [2.05, 4.69) is 4.98 Å². The van der Waals surface area contributed by atoms with Gasteiger partial charge >= 0.3 is 5.97 Å². The van der Waals surface area contributed by atoms with Crippen LogP contribution in [-0.4, -0.2) is 21.8 Å². The van der Waals surface area contributed by atoms with Crippen molar-refractivity contribution >= 4 is 23.1 Å². The molecule has 0 bridgehead atoms. The van der Waals surface area contributed by atoms with E-state index in [1.807, 2.05) is 0 Å². The molecule has 0 aliphatic rings. The summed E-state index contributed by atoms with van der Waals surface area (Å²) in [7, 11) is 0. The van der Waals surface area contributed by atoms with Crippen LogP contribution >= 0.6 is 11.3 Å². The zero-order chi connectivity index (χ0) is 15.4. The lowest BCUT2D eigenvalue weighted by atomic mass is 10.0. The van der Waals surface area contributed by atoms with E-state index in [4.69, 9.17) is 5.11 Å². The first kappa shape index (κ1) is 15.3. The summed E-state index contributed by atoms with van der Waals surface area (Å²) in [6.45, 7) is 1.51. The van der Waals surface area contributed by atoms with Crippen LogP contribution in [0.25, 0.3) is 10.6 Å². The normalized spacial score (nSPS) is 12.1. The molecule has 0 fully saturated rings. The van der Waals surface area contributed by atoms with Crippen LogP contribution in [0.15, 0.2) is 29.6 Å². The van der Waals surface area contributed by atoms with Crippen LogP contribution in [-0.2, 0) is 16.0 Å². The number of hydrogen-bond donors (Lipinski definition) is 1. The van der Waals surface area contributed by atoms with E-state index >= 15 is 0 Å². The Morgan fingerprint density at radius 2 is 2.00 bits per heavy atom. The van der Waals surface area contributed by atoms with Gasteiger partial charge in [0.05, 0.1) is 11.6 Å². The van der Waals surface area contributed by atoms with Crippen molar-refractivity contribution in [1.82, 2.24) is 4.98 Å². The Balaban J connectivity index is 2.01. The Hall–Kier alpha value is -2.08. The smallest absolute Gasteiger partial charge is 0.306 e. The molecule has 0 amide bonds. The molecule has 0 saturated heterocycles. The van der Waals surface area contributed by atoms with Crippen molar-refractivity contribution in [3.8, 4) is 10.6 Å². The van der Waals surface area contributed by atoms with Crippen LogP contribution in [0, 0.1) is 11.7 Å². The number of halogens is 1. The summed E-state index contributed by atoms with van der Waals surface area (Å²) in [6.07, 6.45) is 0.119. The fourth-order valence-electron chi connectivity index (χ4n) is 1.82. The topological polar surface area (TPSA) is 67.3 Å². The molecule has 1 aromatic carbocycles. The third kappa shape index (κ3) is 4.19. The zero-order valence-corrected chi connectivity index (χ0v) is 12.2. The number of ketones is 1. The molecule has 2 rings (SSSR count). The van der Waals surface area contributed by atoms with E-state index in [0.29, 0.717) is 10.7 Å². The largest absolute Gasteiger partial charge is 0.481 e. The van der Waals surface area contributed by atoms with Gasteiger partial charge in [0.2, 0.25) is 0 Å². The molecular formula is C15H14FNO3S. The molecule has 1 N–H and O–H groups in total. The number of hydrogen-bond acceptors (Lipinski definition) is 4. The number of aromatic nitrogens is 1. The molecule has 21 heavy (non-hydrogen) atoms. The number of Topliss-reactive ketones (excluding diaryl/α,β-unsaturated/α-hetero) is 1. The van der Waals surface area contributed by atoms with Gasteiger partial charge in [0, 0.05) is 23.8 Å². The minimum atomic E-state index is -0.978. The van der Waals surface area contributed by atoms with E-state index in [0.717, 1.165) is 5.56 Å². The average molecular weight is 307 g/mol. The summed E-state index contributed by atoms with van der Waals surface area (Å²) >= 11 is 1.37. The molecule has 6 heteroatoms. The first-order valence-corrected chi connectivity index (χ1v) is 7.28. The van der Waals surface area contributed by atoms with E-state index < -0.39 is 11.9 Å². The van der Waals surface area contributed by atoms with E-state index in [9.17, 15) is 14.0 Å². The number of carboxylic acids is 1. The van der Waals surface area contributed by atoms with E-state index in [1.54, 1.807) is 17.5 Å². The van der Waals surface area contributed by atoms with Crippen molar-refractivity contribution in [3.63, 3.8) is 0 Å². The van der Waals surface area contributed by atoms with Crippen LogP contribution in [0.4, 0.5) is 4.39 Å². The monoisotopic (exact) mass is 307 g/mol. The predicted molar refractivity (Wildman–Crippen MR) is 77.6 cm³/mol. The van der Waals surface area contributed by atoms with E-state index in [1.165, 1.54) is 30.4 Å². The fraction of sp³-hybridized carbons (Fsp3) is 0.267. The van der Waals surface area contributed by atoms with Crippen molar-refractivity contribution in [1.29, 1.82) is 0 Å². The Bertz CT molecular complexity index is 651. The van der Waals surface area contributed by atoms with Crippen LogP contribution in [0.5, 0.6) is 0 Å². The van der Waals surface area contributed by atoms with Crippen molar-refractivity contribution < 1.29 is 19.1 Å². The lowest BCUT2D eigenvalue weighted by Crippen LogP contribution is -2.16. The van der Waals surface area contributed by atoms with Crippen LogP contribution < -0.4 is 0 Å². The average Bonchev–Trinajstić information content (AvgIpc) is 2.87. The minimum Gasteiger partial charge on any atom is -0.481 e. The van der Waals surface area contributed by atoms with Gasteiger partial charge in [-0.25, -0.2) is 9.37 Å². The van der Waals surface area contributed by atoms with Crippen LogP contribution in [0.2, 0.25) is 0 Å². The Morgan fingerprint density at radius 1 is 1.33 bits per heavy atom. The predicted octanol–water partition coefficient (Wildman–Crippen LogP) is 3.17. The van der Waals surface area contributed by atoms with Gasteiger partial charge in [-0.3, -0.25) is 9.59 Å². The molecule has 0 aliphatic heterocycles. The first-order valence-electron chi connectivity index (χ1n) is 6.40. The molecular weight excluding hydrogens is 293 g/mol. The zero-order valence-electron chi connectivity index (χ0n) is 11.4. The van der Waals surface area contributed by atoms with Crippen molar-refractivity contribution in [2.45, 2.75) is 19.8 Å². The van der Waals surface area contributed by atoms with Crippen molar-refractivity contribution in [2.75, 3.05) is 0 Å². The summed E-state index contributed by atoms with van der Waals surface area (Å²) in [5.41, 5.74) is 1.40. The number of carboxylic acid groups (broad SMARTS) is 1. The fourth-order valence-corrected chi connectivity index (χ4v) is 2.64. The molecule has 0 unspecified atom stereocenters. The number of aliphatic carboxylic acids is 1. The number of rotatable bonds is 6. The second kappa shape index (κ2) is 6.58. The summed E-state index contributed by atoms with van der Waals surface area (Å²) in [6, 6.07) is 5.98. The summed E-state index contributed by atoms with van der Waals surface area (Å²) in [5, 5.41) is 11.3. The van der Waals surface area contributed by atoms with Crippen molar-refractivity contribution in [2.24, 2.45) is 5.92 Å². The first-order chi connectivity index (χ1) is 9.95. The third-order valence-electron chi connectivity index (χ3n) is 2.98. The van der Waals surface area contributed by atoms with Crippen molar-refractivity contribution in [3.05, 3.63) is 41.2 Å². The molecule has 0 spiro atoms. The van der Waals surface area contributed by atoms with Gasteiger partial charge in [0.15, 0.2) is 0 Å². The highest BCUT2D eigenvalue weighted by Crippen LogP contribution is 2.24. The molecule has 2 aromatic rings. The second-order valence-corrected chi connectivity index (χ2v) is 5.67. The van der Waals surface area contributed by atoms with E-state index in [-0.39, 0.29) is 24.4 Å². The number of thiazole rings is 1. The maximum Gasteiger partial charge on any atom is 0.306 e. The Labute approximate surface area is 125 Å². The second-order valence-electron chi connectivity index (χ2n) is 4.81. The highest BCUT2D eigenvalue weighted by atomic mass is 32.1. The summed E-state index contributed by atoms with van der Waals surface area (Å²) in [4.78, 5) is 26.8. The highest BCUT2D eigenvalue weighted by molar-refractivity contribution is 7.13. The third-order valence-corrected chi connectivity index (χ3v) is 3.92. The molecule has 110 valence electrons. The number of benzene rings is 1. The van der Waals surface area contributed by atoms with Gasteiger partial charge in [0.1, 0.15) is 16.6 Å². The van der Waals surface area contributed by atoms with Gasteiger partial charge < -0.3 is 5.11 Å². The maximum absolute atomic E-state index is 12.9. The molecule has 0 radical (unpaired) electrons. The lowest BCUT2D eigenvalue weighted by Gasteiger charge is -2.03. The summed E-state index contributed by atoms with van der Waals surface area (Å²) < 4.78 is 12.9. The number of carbonyl (C=O) groups excluding carboxylic acids is 1.